The lowest BCUT2D eigenvalue weighted by molar-refractivity contribution is 0.0479. The summed E-state index contributed by atoms with van der Waals surface area (Å²) in [4.78, 5) is 53.1. The fourth-order valence-electron chi connectivity index (χ4n) is 3.51. The van der Waals surface area contributed by atoms with Gasteiger partial charge in [-0.1, -0.05) is 12.1 Å². The number of aromatic amines is 1. The third-order valence-corrected chi connectivity index (χ3v) is 5.01. The molecule has 0 saturated heterocycles. The maximum Gasteiger partial charge on any atom is 0.355 e. The first-order valence-corrected chi connectivity index (χ1v) is 9.85. The zero-order chi connectivity index (χ0) is 21.8. The lowest BCUT2D eigenvalue weighted by Gasteiger charge is -2.13. The Kier molecular flexibility index (Phi) is 6.34. The van der Waals surface area contributed by atoms with E-state index in [9.17, 15) is 19.2 Å². The van der Waals surface area contributed by atoms with Gasteiger partial charge < -0.3 is 14.5 Å². The van der Waals surface area contributed by atoms with Gasteiger partial charge in [0.1, 0.15) is 5.69 Å². The van der Waals surface area contributed by atoms with Crippen LogP contribution < -0.4 is 0 Å². The van der Waals surface area contributed by atoms with Crippen molar-refractivity contribution in [1.82, 2.24) is 9.88 Å². The van der Waals surface area contributed by atoms with Gasteiger partial charge in [0.2, 0.25) is 0 Å². The van der Waals surface area contributed by atoms with Crippen molar-refractivity contribution >= 4 is 23.8 Å². The number of hydrogen-bond donors (Lipinski definition) is 1. The first kappa shape index (κ1) is 21.3. The van der Waals surface area contributed by atoms with Crippen LogP contribution in [0.15, 0.2) is 24.3 Å². The van der Waals surface area contributed by atoms with Crippen LogP contribution in [-0.4, -0.2) is 53.4 Å². The van der Waals surface area contributed by atoms with Crippen molar-refractivity contribution in [3.63, 3.8) is 0 Å². The summed E-state index contributed by atoms with van der Waals surface area (Å²) in [6, 6.07) is 6.74. The van der Waals surface area contributed by atoms with Gasteiger partial charge in [-0.2, -0.15) is 0 Å². The summed E-state index contributed by atoms with van der Waals surface area (Å²) in [5, 5.41) is 0. The minimum atomic E-state index is -0.563. The van der Waals surface area contributed by atoms with Crippen LogP contribution in [0.2, 0.25) is 0 Å². The molecule has 30 heavy (non-hydrogen) atoms. The molecule has 1 aliphatic rings. The monoisotopic (exact) mass is 412 g/mol. The van der Waals surface area contributed by atoms with Gasteiger partial charge in [0.25, 0.3) is 11.8 Å². The number of rotatable bonds is 8. The Morgan fingerprint density at radius 1 is 0.967 bits per heavy atom. The molecule has 3 rings (SSSR count). The van der Waals surface area contributed by atoms with E-state index in [4.69, 9.17) is 9.47 Å². The number of carbonyl (C=O) groups is 4. The number of unbranched alkanes of at least 4 members (excludes halogenated alkanes) is 1. The van der Waals surface area contributed by atoms with Crippen molar-refractivity contribution in [3.05, 3.63) is 57.9 Å². The molecule has 0 radical (unpaired) electrons. The lowest BCUT2D eigenvalue weighted by atomic mass is 10.1. The average Bonchev–Trinajstić information content (AvgIpc) is 3.15. The molecule has 0 saturated carbocycles. The summed E-state index contributed by atoms with van der Waals surface area (Å²) >= 11 is 0. The number of ether oxygens (including phenoxy) is 2. The molecule has 0 fully saturated rings. The summed E-state index contributed by atoms with van der Waals surface area (Å²) in [6.07, 6.45) is 0.998. The number of hydrogen-bond acceptors (Lipinski definition) is 6. The Morgan fingerprint density at radius 2 is 1.60 bits per heavy atom. The van der Waals surface area contributed by atoms with Crippen LogP contribution in [0.3, 0.4) is 0 Å². The SMILES string of the molecule is CCOC(=O)c1c(C)[nH]c(C(=O)OCCCCN2C(=O)c3ccccc3C2=O)c1C. The first-order valence-electron chi connectivity index (χ1n) is 9.85. The highest BCUT2D eigenvalue weighted by Gasteiger charge is 2.34. The molecule has 1 N–H and O–H groups in total. The number of aromatic nitrogens is 1. The van der Waals surface area contributed by atoms with E-state index in [1.165, 1.54) is 4.90 Å². The van der Waals surface area contributed by atoms with Gasteiger partial charge in [0, 0.05) is 12.2 Å². The summed E-state index contributed by atoms with van der Waals surface area (Å²) in [5.74, 6) is -1.64. The number of H-pyrrole nitrogens is 1. The second kappa shape index (κ2) is 8.94. The number of esters is 2. The molecule has 0 atom stereocenters. The zero-order valence-corrected chi connectivity index (χ0v) is 17.2. The number of amides is 2. The van der Waals surface area contributed by atoms with Crippen LogP contribution in [-0.2, 0) is 9.47 Å². The van der Waals surface area contributed by atoms with E-state index >= 15 is 0 Å². The minimum absolute atomic E-state index is 0.133. The van der Waals surface area contributed by atoms with Crippen LogP contribution in [0.5, 0.6) is 0 Å². The average molecular weight is 412 g/mol. The third kappa shape index (κ3) is 3.98. The zero-order valence-electron chi connectivity index (χ0n) is 17.2. The standard InChI is InChI=1S/C22H24N2O6/c1-4-29-21(27)17-13(2)18(23-14(17)3)22(28)30-12-8-7-11-24-19(25)15-9-5-6-10-16(15)20(24)26/h5-6,9-10,23H,4,7-8,11-12H2,1-3H3. The molecule has 0 unspecified atom stereocenters. The highest BCUT2D eigenvalue weighted by molar-refractivity contribution is 6.21. The first-order chi connectivity index (χ1) is 14.4. The van der Waals surface area contributed by atoms with Crippen molar-refractivity contribution in [1.29, 1.82) is 0 Å². The Morgan fingerprint density at radius 3 is 2.20 bits per heavy atom. The Bertz CT molecular complexity index is 972. The fraction of sp³-hybridized carbons (Fsp3) is 0.364. The predicted molar refractivity (Wildman–Crippen MR) is 108 cm³/mol. The topological polar surface area (TPSA) is 106 Å². The molecule has 1 aromatic carbocycles. The molecule has 8 heteroatoms. The molecule has 1 aliphatic heterocycles. The number of aryl methyl sites for hydroxylation is 1. The van der Waals surface area contributed by atoms with E-state index in [1.807, 2.05) is 0 Å². The number of nitrogens with zero attached hydrogens (tertiary/aromatic N) is 1. The molecular formula is C22H24N2O6. The molecule has 158 valence electrons. The van der Waals surface area contributed by atoms with Crippen molar-refractivity contribution < 1.29 is 28.7 Å². The molecule has 2 amide bonds. The highest BCUT2D eigenvalue weighted by atomic mass is 16.5. The van der Waals surface area contributed by atoms with Crippen LogP contribution >= 0.6 is 0 Å². The van der Waals surface area contributed by atoms with Gasteiger partial charge in [-0.3, -0.25) is 14.5 Å². The number of benzene rings is 1. The number of fused-ring (bicyclic) bond motifs is 1. The fourth-order valence-corrected chi connectivity index (χ4v) is 3.51. The summed E-state index contributed by atoms with van der Waals surface area (Å²) < 4.78 is 10.3. The van der Waals surface area contributed by atoms with Gasteiger partial charge in [-0.25, -0.2) is 9.59 Å². The Labute approximate surface area is 174 Å². The number of imide groups is 1. The van der Waals surface area contributed by atoms with Crippen molar-refractivity contribution in [2.75, 3.05) is 19.8 Å². The van der Waals surface area contributed by atoms with Gasteiger partial charge in [-0.15, -0.1) is 0 Å². The Balaban J connectivity index is 1.49. The van der Waals surface area contributed by atoms with E-state index in [-0.39, 0.29) is 37.3 Å². The van der Waals surface area contributed by atoms with Gasteiger partial charge in [0.05, 0.1) is 29.9 Å². The van der Waals surface area contributed by atoms with E-state index in [0.717, 1.165) is 0 Å². The summed E-state index contributed by atoms with van der Waals surface area (Å²) in [7, 11) is 0. The maximum absolute atomic E-state index is 12.4. The molecular weight excluding hydrogens is 388 g/mol. The second-order valence-corrected chi connectivity index (χ2v) is 7.00. The molecule has 8 nitrogen and oxygen atoms in total. The molecule has 2 aromatic rings. The second-order valence-electron chi connectivity index (χ2n) is 7.00. The Hall–Kier alpha value is -3.42. The smallest absolute Gasteiger partial charge is 0.355 e. The van der Waals surface area contributed by atoms with Crippen LogP contribution in [0.25, 0.3) is 0 Å². The quantitative estimate of drug-likeness (QED) is 0.406. The van der Waals surface area contributed by atoms with Gasteiger partial charge in [-0.05, 0) is 51.3 Å². The maximum atomic E-state index is 12.4. The van der Waals surface area contributed by atoms with E-state index < -0.39 is 11.9 Å². The summed E-state index contributed by atoms with van der Waals surface area (Å²) in [6.45, 7) is 5.71. The van der Waals surface area contributed by atoms with E-state index in [2.05, 4.69) is 4.98 Å². The summed E-state index contributed by atoms with van der Waals surface area (Å²) in [5.41, 5.74) is 2.43. The molecule has 0 spiro atoms. The van der Waals surface area contributed by atoms with Crippen molar-refractivity contribution in [2.45, 2.75) is 33.6 Å². The number of carbonyl (C=O) groups excluding carboxylic acids is 4. The molecule has 0 aliphatic carbocycles. The third-order valence-electron chi connectivity index (χ3n) is 5.01. The lowest BCUT2D eigenvalue weighted by Crippen LogP contribution is -2.30. The molecule has 2 heterocycles. The largest absolute Gasteiger partial charge is 0.462 e. The van der Waals surface area contributed by atoms with Crippen molar-refractivity contribution in [3.8, 4) is 0 Å². The van der Waals surface area contributed by atoms with Crippen LogP contribution in [0, 0.1) is 13.8 Å². The van der Waals surface area contributed by atoms with Crippen LogP contribution in [0.4, 0.5) is 0 Å². The minimum Gasteiger partial charge on any atom is -0.462 e. The van der Waals surface area contributed by atoms with E-state index in [0.29, 0.717) is 40.8 Å². The van der Waals surface area contributed by atoms with E-state index in [1.54, 1.807) is 45.0 Å². The van der Waals surface area contributed by atoms with Crippen molar-refractivity contribution in [2.24, 2.45) is 0 Å². The van der Waals surface area contributed by atoms with Gasteiger partial charge >= 0.3 is 11.9 Å². The normalized spacial score (nSPS) is 12.8. The van der Waals surface area contributed by atoms with Gasteiger partial charge in [0.15, 0.2) is 0 Å². The number of nitrogens with one attached hydrogen (secondary N) is 1. The molecule has 1 aromatic heterocycles. The van der Waals surface area contributed by atoms with Crippen LogP contribution in [0.1, 0.15) is 72.6 Å². The predicted octanol–water partition coefficient (Wildman–Crippen LogP) is 3.04. The molecule has 0 bridgehead atoms. The highest BCUT2D eigenvalue weighted by Crippen LogP contribution is 2.23.